The van der Waals surface area contributed by atoms with Crippen LogP contribution in [0.25, 0.3) is 0 Å². The molecule has 0 bridgehead atoms. The van der Waals surface area contributed by atoms with Gasteiger partial charge in [-0.25, -0.2) is 18.1 Å². The molecule has 0 spiro atoms. The molecule has 9 heteroatoms. The molecule has 0 amide bonds. The van der Waals surface area contributed by atoms with Crippen molar-refractivity contribution >= 4 is 40.0 Å². The van der Waals surface area contributed by atoms with Crippen molar-refractivity contribution in [3.8, 4) is 0 Å². The predicted molar refractivity (Wildman–Crippen MR) is 133 cm³/mol. The van der Waals surface area contributed by atoms with E-state index < -0.39 is 10.0 Å². The van der Waals surface area contributed by atoms with E-state index in [9.17, 15) is 8.42 Å². The van der Waals surface area contributed by atoms with Crippen LogP contribution in [0.1, 0.15) is 57.9 Å². The fraction of sp³-hybridized carbons (Fsp3) is 0.667. The molecule has 1 saturated heterocycles. The van der Waals surface area contributed by atoms with Gasteiger partial charge in [0.2, 0.25) is 10.0 Å². The molecular weight excluding hydrogens is 515 g/mol. The van der Waals surface area contributed by atoms with Gasteiger partial charge in [-0.1, -0.05) is 38.3 Å². The van der Waals surface area contributed by atoms with E-state index in [1.807, 2.05) is 19.1 Å². The second-order valence-corrected chi connectivity index (χ2v) is 9.08. The smallest absolute Gasteiger partial charge is 0.240 e. The van der Waals surface area contributed by atoms with Crippen LogP contribution in [0.5, 0.6) is 0 Å². The highest BCUT2D eigenvalue weighted by Gasteiger charge is 2.20. The van der Waals surface area contributed by atoms with Crippen molar-refractivity contribution in [3.63, 3.8) is 0 Å². The maximum atomic E-state index is 12.4. The first-order valence-corrected chi connectivity index (χ1v) is 12.3. The summed E-state index contributed by atoms with van der Waals surface area (Å²) in [6.07, 6.45) is 6.71. The number of ether oxygens (including phenoxy) is 1. The summed E-state index contributed by atoms with van der Waals surface area (Å²) in [5.74, 6) is 0.791. The lowest BCUT2D eigenvalue weighted by Crippen LogP contribution is -2.37. The molecule has 3 N–H and O–H groups in total. The minimum absolute atomic E-state index is 0. The zero-order valence-corrected chi connectivity index (χ0v) is 21.3. The van der Waals surface area contributed by atoms with Gasteiger partial charge in [-0.05, 0) is 43.9 Å². The molecule has 0 saturated carbocycles. The lowest BCUT2D eigenvalue weighted by atomic mass is 10.2. The van der Waals surface area contributed by atoms with Crippen LogP contribution in [0.2, 0.25) is 0 Å². The summed E-state index contributed by atoms with van der Waals surface area (Å²) in [4.78, 5) is 4.86. The van der Waals surface area contributed by atoms with Gasteiger partial charge in [0, 0.05) is 26.2 Å². The molecule has 7 nitrogen and oxygen atoms in total. The van der Waals surface area contributed by atoms with Gasteiger partial charge < -0.3 is 15.4 Å². The fourth-order valence-electron chi connectivity index (χ4n) is 3.14. The van der Waals surface area contributed by atoms with Crippen molar-refractivity contribution in [2.24, 2.45) is 4.99 Å². The first kappa shape index (κ1) is 27.1. The molecule has 1 aromatic carbocycles. The molecule has 1 atom stereocenters. The van der Waals surface area contributed by atoms with Crippen molar-refractivity contribution < 1.29 is 13.2 Å². The highest BCUT2D eigenvalue weighted by atomic mass is 127. The van der Waals surface area contributed by atoms with E-state index in [0.717, 1.165) is 43.9 Å². The van der Waals surface area contributed by atoms with Crippen molar-refractivity contribution in [2.75, 3.05) is 26.2 Å². The van der Waals surface area contributed by atoms with E-state index in [4.69, 9.17) is 4.74 Å². The first-order valence-electron chi connectivity index (χ1n) is 10.8. The Morgan fingerprint density at radius 1 is 1.13 bits per heavy atom. The van der Waals surface area contributed by atoms with Crippen LogP contribution in [-0.2, 0) is 21.3 Å². The van der Waals surface area contributed by atoms with Gasteiger partial charge in [-0.15, -0.1) is 24.0 Å². The SMILES string of the molecule is CCCCCCNC(=NCc1ccc(S(=O)(=O)NCC2CCCO2)cc1)NCC.I. The Morgan fingerprint density at radius 3 is 2.53 bits per heavy atom. The van der Waals surface area contributed by atoms with E-state index in [-0.39, 0.29) is 35.0 Å². The number of rotatable bonds is 12. The van der Waals surface area contributed by atoms with Gasteiger partial charge in [0.05, 0.1) is 17.5 Å². The van der Waals surface area contributed by atoms with Gasteiger partial charge in [-0.2, -0.15) is 0 Å². The summed E-state index contributed by atoms with van der Waals surface area (Å²) >= 11 is 0. The summed E-state index contributed by atoms with van der Waals surface area (Å²) < 4.78 is 33.0. The standard InChI is InChI=1S/C21H36N4O3S.HI/c1-3-5-6-7-14-23-21(22-4-2)24-16-18-10-12-20(13-11-18)29(26,27)25-17-19-9-8-15-28-19;/h10-13,19,25H,3-9,14-17H2,1-2H3,(H2,22,23,24);1H. The largest absolute Gasteiger partial charge is 0.377 e. The maximum absolute atomic E-state index is 12.4. The van der Waals surface area contributed by atoms with Crippen LogP contribution >= 0.6 is 24.0 Å². The average molecular weight is 553 g/mol. The number of unbranched alkanes of at least 4 members (excludes halogenated alkanes) is 3. The number of halogens is 1. The minimum atomic E-state index is -3.51. The third kappa shape index (κ3) is 9.93. The minimum Gasteiger partial charge on any atom is -0.377 e. The molecule has 0 aromatic heterocycles. The number of sulfonamides is 1. The van der Waals surface area contributed by atoms with Crippen molar-refractivity contribution in [1.29, 1.82) is 0 Å². The number of hydrogen-bond acceptors (Lipinski definition) is 4. The van der Waals surface area contributed by atoms with Crippen LogP contribution in [0.3, 0.4) is 0 Å². The van der Waals surface area contributed by atoms with Crippen LogP contribution in [0, 0.1) is 0 Å². The number of nitrogens with zero attached hydrogens (tertiary/aromatic N) is 1. The zero-order chi connectivity index (χ0) is 21.0. The summed E-state index contributed by atoms with van der Waals surface area (Å²) in [5.41, 5.74) is 0.964. The highest BCUT2D eigenvalue weighted by molar-refractivity contribution is 14.0. The quantitative estimate of drug-likeness (QED) is 0.160. The number of nitrogens with one attached hydrogen (secondary N) is 3. The molecule has 0 radical (unpaired) electrons. The molecule has 1 heterocycles. The van der Waals surface area contributed by atoms with E-state index in [1.54, 1.807) is 12.1 Å². The number of benzene rings is 1. The Kier molecular flexibility index (Phi) is 13.5. The molecule has 1 aliphatic heterocycles. The van der Waals surface area contributed by atoms with Crippen LogP contribution in [-0.4, -0.2) is 46.7 Å². The third-order valence-corrected chi connectivity index (χ3v) is 6.28. The number of aliphatic imine (C=N–C) groups is 1. The van der Waals surface area contributed by atoms with Crippen molar-refractivity contribution in [2.45, 2.75) is 69.9 Å². The highest BCUT2D eigenvalue weighted by Crippen LogP contribution is 2.14. The van der Waals surface area contributed by atoms with Gasteiger partial charge in [-0.3, -0.25) is 0 Å². The summed E-state index contributed by atoms with van der Waals surface area (Å²) in [6, 6.07) is 6.89. The molecule has 1 aromatic rings. The van der Waals surface area contributed by atoms with Crippen molar-refractivity contribution in [1.82, 2.24) is 15.4 Å². The van der Waals surface area contributed by atoms with Crippen LogP contribution in [0.4, 0.5) is 0 Å². The van der Waals surface area contributed by atoms with Gasteiger partial charge >= 0.3 is 0 Å². The second-order valence-electron chi connectivity index (χ2n) is 7.31. The molecule has 1 aliphatic rings. The second kappa shape index (κ2) is 15.0. The maximum Gasteiger partial charge on any atom is 0.240 e. The van der Waals surface area contributed by atoms with Gasteiger partial charge in [0.15, 0.2) is 5.96 Å². The Bertz CT molecular complexity index is 720. The van der Waals surface area contributed by atoms with Crippen LogP contribution < -0.4 is 15.4 Å². The fourth-order valence-corrected chi connectivity index (χ4v) is 4.20. The van der Waals surface area contributed by atoms with Gasteiger partial charge in [0.25, 0.3) is 0 Å². The molecular formula is C21H37IN4O3S. The summed E-state index contributed by atoms with van der Waals surface area (Å²) in [7, 11) is -3.51. The van der Waals surface area contributed by atoms with Crippen molar-refractivity contribution in [3.05, 3.63) is 29.8 Å². The van der Waals surface area contributed by atoms with E-state index in [1.165, 1.54) is 19.3 Å². The molecule has 0 aliphatic carbocycles. The Labute approximate surface area is 198 Å². The molecule has 30 heavy (non-hydrogen) atoms. The molecule has 172 valence electrons. The summed E-state index contributed by atoms with van der Waals surface area (Å²) in [5, 5.41) is 6.59. The average Bonchev–Trinajstić information content (AvgIpc) is 3.24. The molecule has 1 unspecified atom stereocenters. The zero-order valence-electron chi connectivity index (χ0n) is 18.2. The number of guanidine groups is 1. The number of hydrogen-bond donors (Lipinski definition) is 3. The summed E-state index contributed by atoms with van der Waals surface area (Å²) in [6.45, 7) is 7.48. The van der Waals surface area contributed by atoms with E-state index in [2.05, 4.69) is 27.3 Å². The molecule has 1 fully saturated rings. The van der Waals surface area contributed by atoms with Crippen LogP contribution in [0.15, 0.2) is 34.2 Å². The lowest BCUT2D eigenvalue weighted by molar-refractivity contribution is 0.114. The predicted octanol–water partition coefficient (Wildman–Crippen LogP) is 3.40. The Hall–Kier alpha value is -0.910. The first-order chi connectivity index (χ1) is 14.0. The monoisotopic (exact) mass is 552 g/mol. The third-order valence-electron chi connectivity index (χ3n) is 4.85. The van der Waals surface area contributed by atoms with E-state index in [0.29, 0.717) is 19.7 Å². The van der Waals surface area contributed by atoms with E-state index >= 15 is 0 Å². The molecule has 2 rings (SSSR count). The normalized spacial score (nSPS) is 16.9. The van der Waals surface area contributed by atoms with Gasteiger partial charge in [0.1, 0.15) is 0 Å². The topological polar surface area (TPSA) is 91.8 Å². The lowest BCUT2D eigenvalue weighted by Gasteiger charge is -2.12. The Balaban J connectivity index is 0.00000450. The Morgan fingerprint density at radius 2 is 1.90 bits per heavy atom.